The molecule has 2 aromatic carbocycles. The summed E-state index contributed by atoms with van der Waals surface area (Å²) in [7, 11) is 0. The van der Waals surface area contributed by atoms with Crippen molar-refractivity contribution >= 4 is 23.5 Å². The lowest BCUT2D eigenvalue weighted by atomic mass is 10.1. The van der Waals surface area contributed by atoms with Gasteiger partial charge in [-0.25, -0.2) is 4.68 Å². The third kappa shape index (κ3) is 5.48. The first kappa shape index (κ1) is 23.6. The number of hydrogen-bond donors (Lipinski definition) is 2. The molecule has 0 saturated carbocycles. The molecule has 0 fully saturated rings. The molecule has 2 heterocycles. The van der Waals surface area contributed by atoms with Crippen molar-refractivity contribution in [3.63, 3.8) is 0 Å². The molecule has 0 spiro atoms. The molecule has 1 amide bonds. The Bertz CT molecular complexity index is 1250. The largest absolute Gasteiger partial charge is 0.383 e. The lowest BCUT2D eigenvalue weighted by Crippen LogP contribution is -2.35. The molecule has 176 valence electrons. The zero-order chi connectivity index (χ0) is 24.1. The highest BCUT2D eigenvalue weighted by atomic mass is 32.2. The number of benzene rings is 2. The maximum absolute atomic E-state index is 12.7. The van der Waals surface area contributed by atoms with Crippen LogP contribution in [0.3, 0.4) is 0 Å². The van der Waals surface area contributed by atoms with Crippen molar-refractivity contribution in [3.05, 3.63) is 65.7 Å². The van der Waals surface area contributed by atoms with Crippen molar-refractivity contribution in [2.75, 3.05) is 12.0 Å². The minimum Gasteiger partial charge on any atom is -0.383 e. The minimum atomic E-state index is -0.153. The number of hydrogen-bond acceptors (Lipinski definition) is 7. The number of thioether (sulfide) groups is 1. The van der Waals surface area contributed by atoms with Crippen LogP contribution in [0.2, 0.25) is 0 Å². The molecule has 0 aliphatic heterocycles. The molecule has 0 radical (unpaired) electrons. The summed E-state index contributed by atoms with van der Waals surface area (Å²) in [6.07, 6.45) is 3.63. The summed E-state index contributed by atoms with van der Waals surface area (Å²) in [6, 6.07) is 18.1. The molecule has 3 N–H and O–H groups in total. The molecule has 4 rings (SSSR count). The summed E-state index contributed by atoms with van der Waals surface area (Å²) in [5.74, 6) is 0.912. The van der Waals surface area contributed by atoms with Gasteiger partial charge in [0.25, 0.3) is 5.89 Å². The van der Waals surface area contributed by atoms with Crippen molar-refractivity contribution in [1.29, 1.82) is 0 Å². The van der Waals surface area contributed by atoms with Crippen molar-refractivity contribution in [3.8, 4) is 22.8 Å². The summed E-state index contributed by atoms with van der Waals surface area (Å²) in [5, 5.41) is 12.3. The topological polar surface area (TPSA) is 112 Å². The number of anilines is 1. The molecule has 0 bridgehead atoms. The van der Waals surface area contributed by atoms with Crippen molar-refractivity contribution in [1.82, 2.24) is 25.2 Å². The summed E-state index contributed by atoms with van der Waals surface area (Å²) >= 11 is 1.41. The average Bonchev–Trinajstić information content (AvgIpc) is 3.43. The number of nitrogens with one attached hydrogen (secondary N) is 1. The lowest BCUT2D eigenvalue weighted by molar-refractivity contribution is -0.122. The maximum Gasteiger partial charge on any atom is 0.264 e. The molecule has 0 unspecified atom stereocenters. The molecule has 0 aliphatic rings. The summed E-state index contributed by atoms with van der Waals surface area (Å²) < 4.78 is 6.99. The van der Waals surface area contributed by atoms with Gasteiger partial charge in [-0.05, 0) is 38.5 Å². The average molecular weight is 477 g/mol. The second-order valence-electron chi connectivity index (χ2n) is 8.21. The number of nitrogens with zero attached hydrogens (tertiary/aromatic N) is 4. The number of rotatable bonds is 9. The SMILES string of the molecule is CSc1nn(CC(=O)N[C@@H](C)CCc2ccccc2)c(N)c1-c1nc(-c2ccc(C)cc2)no1. The normalized spacial score (nSPS) is 12.0. The van der Waals surface area contributed by atoms with E-state index in [1.165, 1.54) is 22.0 Å². The molecule has 9 heteroatoms. The van der Waals surface area contributed by atoms with Gasteiger partial charge in [0.15, 0.2) is 0 Å². The van der Waals surface area contributed by atoms with E-state index in [0.717, 1.165) is 24.0 Å². The van der Waals surface area contributed by atoms with Gasteiger partial charge in [0.05, 0.1) is 0 Å². The Labute approximate surface area is 202 Å². The van der Waals surface area contributed by atoms with Crippen LogP contribution in [0.25, 0.3) is 22.8 Å². The van der Waals surface area contributed by atoms with Gasteiger partial charge in [0.2, 0.25) is 11.7 Å². The number of aromatic nitrogens is 4. The molecular formula is C25H28N6O2S. The van der Waals surface area contributed by atoms with Gasteiger partial charge in [0.1, 0.15) is 23.0 Å². The van der Waals surface area contributed by atoms with Crippen LogP contribution < -0.4 is 11.1 Å². The highest BCUT2D eigenvalue weighted by Crippen LogP contribution is 2.34. The highest BCUT2D eigenvalue weighted by Gasteiger charge is 2.24. The first-order valence-electron chi connectivity index (χ1n) is 11.1. The van der Waals surface area contributed by atoms with E-state index in [2.05, 4.69) is 32.7 Å². The molecule has 8 nitrogen and oxygen atoms in total. The van der Waals surface area contributed by atoms with E-state index >= 15 is 0 Å². The fourth-order valence-electron chi connectivity index (χ4n) is 3.62. The van der Waals surface area contributed by atoms with Crippen LogP contribution >= 0.6 is 11.8 Å². The van der Waals surface area contributed by atoms with Crippen LogP contribution in [0.1, 0.15) is 24.5 Å². The Morgan fingerprint density at radius 1 is 1.18 bits per heavy atom. The van der Waals surface area contributed by atoms with Crippen LogP contribution in [0, 0.1) is 6.92 Å². The van der Waals surface area contributed by atoms with Gasteiger partial charge >= 0.3 is 0 Å². The van der Waals surface area contributed by atoms with E-state index in [1.54, 1.807) is 0 Å². The fraction of sp³-hybridized carbons (Fsp3) is 0.280. The van der Waals surface area contributed by atoms with E-state index in [9.17, 15) is 4.79 Å². The van der Waals surface area contributed by atoms with Gasteiger partial charge in [-0.1, -0.05) is 65.3 Å². The van der Waals surface area contributed by atoms with E-state index in [4.69, 9.17) is 10.3 Å². The number of carbonyl (C=O) groups excluding carboxylic acids is 1. The third-order valence-electron chi connectivity index (χ3n) is 5.51. The zero-order valence-electron chi connectivity index (χ0n) is 19.5. The number of aryl methyl sites for hydroxylation is 2. The zero-order valence-corrected chi connectivity index (χ0v) is 20.3. The molecule has 34 heavy (non-hydrogen) atoms. The van der Waals surface area contributed by atoms with Gasteiger partial charge in [-0.3, -0.25) is 4.79 Å². The van der Waals surface area contributed by atoms with E-state index in [-0.39, 0.29) is 24.4 Å². The number of nitrogens with two attached hydrogens (primary N) is 1. The van der Waals surface area contributed by atoms with Crippen molar-refractivity contribution < 1.29 is 9.32 Å². The molecule has 2 aromatic heterocycles. The summed E-state index contributed by atoms with van der Waals surface area (Å²) in [6.45, 7) is 4.02. The monoisotopic (exact) mass is 476 g/mol. The smallest absolute Gasteiger partial charge is 0.264 e. The molecular weight excluding hydrogens is 448 g/mol. The van der Waals surface area contributed by atoms with Crippen LogP contribution in [0.4, 0.5) is 5.82 Å². The summed E-state index contributed by atoms with van der Waals surface area (Å²) in [5.41, 5.74) is 10.2. The van der Waals surface area contributed by atoms with Gasteiger partial charge in [-0.15, -0.1) is 11.8 Å². The Morgan fingerprint density at radius 2 is 1.91 bits per heavy atom. The van der Waals surface area contributed by atoms with Crippen LogP contribution in [-0.2, 0) is 17.8 Å². The standard InChI is InChI=1S/C25H28N6O2S/c1-16-9-13-19(14-10-16)23-28-24(33-30-23)21-22(26)31(29-25(21)34-3)15-20(32)27-17(2)11-12-18-7-5-4-6-8-18/h4-10,13-14,17H,11-12,15,26H2,1-3H3,(H,27,32)/t17-/m0/s1. The molecule has 1 atom stereocenters. The predicted molar refractivity (Wildman–Crippen MR) is 134 cm³/mol. The Balaban J connectivity index is 1.44. The van der Waals surface area contributed by atoms with Crippen molar-refractivity contribution in [2.24, 2.45) is 0 Å². The number of nitrogen functional groups attached to an aromatic ring is 1. The van der Waals surface area contributed by atoms with Gasteiger partial charge in [0, 0.05) is 11.6 Å². The molecule has 0 aliphatic carbocycles. The van der Waals surface area contributed by atoms with Crippen LogP contribution in [-0.4, -0.2) is 38.1 Å². The summed E-state index contributed by atoms with van der Waals surface area (Å²) in [4.78, 5) is 17.2. The van der Waals surface area contributed by atoms with Gasteiger partial charge < -0.3 is 15.6 Å². The lowest BCUT2D eigenvalue weighted by Gasteiger charge is -2.14. The quantitative estimate of drug-likeness (QED) is 0.345. The maximum atomic E-state index is 12.7. The molecule has 0 saturated heterocycles. The highest BCUT2D eigenvalue weighted by molar-refractivity contribution is 7.98. The Kier molecular flexibility index (Phi) is 7.32. The Hall–Kier alpha value is -3.59. The predicted octanol–water partition coefficient (Wildman–Crippen LogP) is 4.35. The second kappa shape index (κ2) is 10.6. The van der Waals surface area contributed by atoms with E-state index in [1.807, 2.05) is 62.6 Å². The first-order valence-corrected chi connectivity index (χ1v) is 12.3. The Morgan fingerprint density at radius 3 is 2.62 bits per heavy atom. The second-order valence-corrected chi connectivity index (χ2v) is 9.00. The van der Waals surface area contributed by atoms with E-state index in [0.29, 0.717) is 22.2 Å². The fourth-order valence-corrected chi connectivity index (χ4v) is 4.19. The number of carbonyl (C=O) groups is 1. The number of amides is 1. The molecule has 4 aromatic rings. The van der Waals surface area contributed by atoms with Gasteiger partial charge in [-0.2, -0.15) is 10.1 Å². The first-order chi connectivity index (χ1) is 16.4. The van der Waals surface area contributed by atoms with Crippen LogP contribution in [0.15, 0.2) is 64.1 Å². The van der Waals surface area contributed by atoms with Crippen LogP contribution in [0.5, 0.6) is 0 Å². The third-order valence-corrected chi connectivity index (χ3v) is 6.18. The van der Waals surface area contributed by atoms with Crippen molar-refractivity contribution in [2.45, 2.75) is 44.3 Å². The minimum absolute atomic E-state index is 0.00796. The van der Waals surface area contributed by atoms with E-state index < -0.39 is 0 Å².